The Labute approximate surface area is 199 Å². The normalized spacial score (nSPS) is 16.3. The Balaban J connectivity index is 1.57. The molecule has 0 aliphatic carbocycles. The minimum Gasteiger partial charge on any atom is -0.414 e. The van der Waals surface area contributed by atoms with Gasteiger partial charge in [-0.15, -0.1) is 10.2 Å². The molecule has 0 bridgehead atoms. The van der Waals surface area contributed by atoms with Gasteiger partial charge < -0.3 is 25.3 Å². The summed E-state index contributed by atoms with van der Waals surface area (Å²) < 4.78 is 5.91. The van der Waals surface area contributed by atoms with Crippen LogP contribution in [0.25, 0.3) is 23.0 Å². The van der Waals surface area contributed by atoms with E-state index in [0.717, 1.165) is 17.7 Å². The summed E-state index contributed by atoms with van der Waals surface area (Å²) in [5.74, 6) is 2.01. The van der Waals surface area contributed by atoms with Crippen molar-refractivity contribution in [3.63, 3.8) is 0 Å². The zero-order valence-corrected chi connectivity index (χ0v) is 20.2. The van der Waals surface area contributed by atoms with E-state index < -0.39 is 0 Å². The first-order valence-electron chi connectivity index (χ1n) is 11.7. The third-order valence-corrected chi connectivity index (χ3v) is 6.13. The number of carbonyl (C=O) groups excluding carboxylic acids is 1. The summed E-state index contributed by atoms with van der Waals surface area (Å²) in [4.78, 5) is 25.6. The number of amides is 1. The van der Waals surface area contributed by atoms with Crippen LogP contribution in [0.1, 0.15) is 32.8 Å². The summed E-state index contributed by atoms with van der Waals surface area (Å²) in [5, 5.41) is 11.5. The van der Waals surface area contributed by atoms with Gasteiger partial charge in [-0.3, -0.25) is 4.79 Å². The molecule has 3 heterocycles. The number of nitrogens with two attached hydrogens (primary N) is 1. The van der Waals surface area contributed by atoms with E-state index in [4.69, 9.17) is 15.1 Å². The number of nitrogens with one attached hydrogen (secondary N) is 1. The molecule has 180 valence electrons. The van der Waals surface area contributed by atoms with Gasteiger partial charge in [-0.25, -0.2) is 9.97 Å². The van der Waals surface area contributed by atoms with E-state index in [1.54, 1.807) is 6.20 Å². The van der Waals surface area contributed by atoms with Crippen molar-refractivity contribution in [1.29, 1.82) is 0 Å². The van der Waals surface area contributed by atoms with Crippen molar-refractivity contribution >= 4 is 17.5 Å². The van der Waals surface area contributed by atoms with Gasteiger partial charge in [0.25, 0.3) is 5.89 Å². The predicted octanol–water partition coefficient (Wildman–Crippen LogP) is 2.58. The van der Waals surface area contributed by atoms with Crippen LogP contribution in [0, 0.1) is 5.92 Å². The average molecular weight is 465 g/mol. The maximum Gasteiger partial charge on any atom is 0.270 e. The number of piperazine rings is 1. The number of hydrogen-bond acceptors (Lipinski definition) is 9. The lowest BCUT2D eigenvalue weighted by Gasteiger charge is -2.43. The van der Waals surface area contributed by atoms with Crippen molar-refractivity contribution in [3.8, 4) is 23.0 Å². The third-order valence-electron chi connectivity index (χ3n) is 6.13. The standard InChI is InChI=1S/C24H32N8O2/c1-5-20(33)32-11-10-31(14-18(32)15(2)3)19-13-27-22(25)21(28-19)24-30-29-23(34-24)17-8-6-16(7-9-17)12-26-4/h6-9,13,15,18,26H,5,10-12,14H2,1-4H3,(H2,25,27)/t18-/m1/s1. The number of rotatable bonds is 7. The molecule has 10 heteroatoms. The SMILES string of the molecule is CCC(=O)N1CCN(c2cnc(N)c(-c3nnc(-c4ccc(CNC)cc4)o3)n2)C[C@@H]1C(C)C. The molecule has 3 aromatic rings. The fourth-order valence-electron chi connectivity index (χ4n) is 4.21. The van der Waals surface area contributed by atoms with E-state index in [-0.39, 0.29) is 23.7 Å². The highest BCUT2D eigenvalue weighted by atomic mass is 16.4. The Morgan fingerprint density at radius 2 is 1.94 bits per heavy atom. The Morgan fingerprint density at radius 1 is 1.21 bits per heavy atom. The van der Waals surface area contributed by atoms with Gasteiger partial charge in [0.1, 0.15) is 5.82 Å². The predicted molar refractivity (Wildman–Crippen MR) is 131 cm³/mol. The van der Waals surface area contributed by atoms with Crippen LogP contribution in [0.2, 0.25) is 0 Å². The fraction of sp³-hybridized carbons (Fsp3) is 0.458. The maximum absolute atomic E-state index is 12.4. The van der Waals surface area contributed by atoms with Crippen LogP contribution < -0.4 is 16.0 Å². The lowest BCUT2D eigenvalue weighted by atomic mass is 9.99. The van der Waals surface area contributed by atoms with Gasteiger partial charge in [0.05, 0.1) is 12.2 Å². The molecule has 1 amide bonds. The minimum atomic E-state index is 0.102. The second kappa shape index (κ2) is 10.2. The van der Waals surface area contributed by atoms with Gasteiger partial charge in [0, 0.05) is 38.2 Å². The Hall–Kier alpha value is -3.53. The van der Waals surface area contributed by atoms with E-state index in [1.165, 1.54) is 0 Å². The van der Waals surface area contributed by atoms with E-state index in [1.807, 2.05) is 43.1 Å². The first-order valence-corrected chi connectivity index (χ1v) is 11.7. The summed E-state index contributed by atoms with van der Waals surface area (Å²) in [6.07, 6.45) is 2.16. The zero-order valence-electron chi connectivity index (χ0n) is 20.2. The molecule has 10 nitrogen and oxygen atoms in total. The highest BCUT2D eigenvalue weighted by molar-refractivity contribution is 5.76. The number of anilines is 2. The number of nitrogen functional groups attached to an aromatic ring is 1. The molecule has 1 aliphatic heterocycles. The smallest absolute Gasteiger partial charge is 0.270 e. The van der Waals surface area contributed by atoms with Crippen molar-refractivity contribution in [2.75, 3.05) is 37.3 Å². The molecule has 0 saturated carbocycles. The van der Waals surface area contributed by atoms with Crippen molar-refractivity contribution in [2.45, 2.75) is 39.8 Å². The molecular weight excluding hydrogens is 432 g/mol. The topological polar surface area (TPSA) is 126 Å². The lowest BCUT2D eigenvalue weighted by molar-refractivity contribution is -0.134. The number of carbonyl (C=O) groups is 1. The van der Waals surface area contributed by atoms with Gasteiger partial charge in [0.15, 0.2) is 11.5 Å². The Bertz CT molecular complexity index is 1130. The van der Waals surface area contributed by atoms with Crippen LogP contribution in [-0.2, 0) is 11.3 Å². The van der Waals surface area contributed by atoms with Crippen LogP contribution in [0.5, 0.6) is 0 Å². The average Bonchev–Trinajstić information content (AvgIpc) is 3.34. The minimum absolute atomic E-state index is 0.102. The Morgan fingerprint density at radius 3 is 2.62 bits per heavy atom. The van der Waals surface area contributed by atoms with Gasteiger partial charge in [-0.05, 0) is 30.7 Å². The summed E-state index contributed by atoms with van der Waals surface area (Å²) in [7, 11) is 1.91. The lowest BCUT2D eigenvalue weighted by Crippen LogP contribution is -2.57. The molecule has 34 heavy (non-hydrogen) atoms. The summed E-state index contributed by atoms with van der Waals surface area (Å²) >= 11 is 0. The van der Waals surface area contributed by atoms with E-state index in [9.17, 15) is 4.79 Å². The Kier molecular flexibility index (Phi) is 7.06. The first-order chi connectivity index (χ1) is 16.4. The van der Waals surface area contributed by atoms with Crippen LogP contribution in [-0.4, -0.2) is 63.7 Å². The largest absolute Gasteiger partial charge is 0.414 e. The molecule has 2 aromatic heterocycles. The van der Waals surface area contributed by atoms with Crippen molar-refractivity contribution in [1.82, 2.24) is 30.4 Å². The molecule has 0 spiro atoms. The molecule has 4 rings (SSSR count). The van der Waals surface area contributed by atoms with Gasteiger partial charge >= 0.3 is 0 Å². The first kappa shape index (κ1) is 23.6. The van der Waals surface area contributed by atoms with Crippen LogP contribution in [0.4, 0.5) is 11.6 Å². The van der Waals surface area contributed by atoms with Crippen molar-refractivity contribution in [3.05, 3.63) is 36.0 Å². The molecular formula is C24H32N8O2. The van der Waals surface area contributed by atoms with Crippen LogP contribution >= 0.6 is 0 Å². The number of aromatic nitrogens is 4. The van der Waals surface area contributed by atoms with Crippen molar-refractivity contribution in [2.24, 2.45) is 5.92 Å². The summed E-state index contributed by atoms with van der Waals surface area (Å²) in [6.45, 7) is 8.94. The van der Waals surface area contributed by atoms with Crippen LogP contribution in [0.15, 0.2) is 34.9 Å². The van der Waals surface area contributed by atoms with Gasteiger partial charge in [-0.1, -0.05) is 32.9 Å². The number of nitrogens with zero attached hydrogens (tertiary/aromatic N) is 6. The van der Waals surface area contributed by atoms with E-state index >= 15 is 0 Å². The van der Waals surface area contributed by atoms with Crippen molar-refractivity contribution < 1.29 is 9.21 Å². The molecule has 1 saturated heterocycles. The van der Waals surface area contributed by atoms with Gasteiger partial charge in [-0.2, -0.15) is 0 Å². The second-order valence-corrected chi connectivity index (χ2v) is 8.80. The molecule has 1 aliphatic rings. The summed E-state index contributed by atoms with van der Waals surface area (Å²) in [6, 6.07) is 8.01. The zero-order chi connectivity index (χ0) is 24.2. The second-order valence-electron chi connectivity index (χ2n) is 8.80. The molecule has 0 unspecified atom stereocenters. The molecule has 3 N–H and O–H groups in total. The van der Waals surface area contributed by atoms with Gasteiger partial charge in [0.2, 0.25) is 11.8 Å². The molecule has 1 aromatic carbocycles. The molecule has 1 atom stereocenters. The fourth-order valence-corrected chi connectivity index (χ4v) is 4.21. The quantitative estimate of drug-likeness (QED) is 0.542. The van der Waals surface area contributed by atoms with E-state index in [0.29, 0.717) is 49.4 Å². The molecule has 0 radical (unpaired) electrons. The third kappa shape index (κ3) is 4.86. The monoisotopic (exact) mass is 464 g/mol. The van der Waals surface area contributed by atoms with Crippen LogP contribution in [0.3, 0.4) is 0 Å². The van der Waals surface area contributed by atoms with E-state index in [2.05, 4.69) is 39.2 Å². The number of hydrogen-bond donors (Lipinski definition) is 2. The summed E-state index contributed by atoms with van der Waals surface area (Å²) in [5.41, 5.74) is 8.46. The highest BCUT2D eigenvalue weighted by Gasteiger charge is 2.32. The highest BCUT2D eigenvalue weighted by Crippen LogP contribution is 2.29. The maximum atomic E-state index is 12.4. The number of benzene rings is 1. The molecule has 1 fully saturated rings.